The van der Waals surface area contributed by atoms with Crippen molar-refractivity contribution in [1.82, 2.24) is 10.2 Å². The Balaban J connectivity index is 2.34. The van der Waals surface area contributed by atoms with Crippen molar-refractivity contribution in [2.45, 2.75) is 19.4 Å². The molecular formula is C14H23N3O2. The molecule has 0 fully saturated rings. The topological polar surface area (TPSA) is 78.6 Å². The average Bonchev–Trinajstić information content (AvgIpc) is 2.40. The quantitative estimate of drug-likeness (QED) is 0.664. The maximum Gasteiger partial charge on any atom is 0.237 e. The van der Waals surface area contributed by atoms with Crippen molar-refractivity contribution in [3.63, 3.8) is 0 Å². The number of rotatable bonds is 7. The van der Waals surface area contributed by atoms with Gasteiger partial charge in [-0.05, 0) is 37.7 Å². The maximum absolute atomic E-state index is 11.8. The molecule has 1 aromatic rings. The normalized spacial score (nSPS) is 12.4. The van der Waals surface area contributed by atoms with Crippen molar-refractivity contribution in [2.75, 3.05) is 26.7 Å². The lowest BCUT2D eigenvalue weighted by Gasteiger charge is -2.16. The minimum absolute atomic E-state index is 0.141. The highest BCUT2D eigenvalue weighted by molar-refractivity contribution is 5.81. The Bertz CT molecular complexity index is 392. The SMILES string of the molecule is CCN(C)CCNC(=O)[C@@H](N)Cc1ccc(O)cc1. The fraction of sp³-hybridized carbons (Fsp3) is 0.500. The number of likely N-dealkylation sites (N-methyl/N-ethyl adjacent to an activating group) is 1. The first-order chi connectivity index (χ1) is 9.02. The summed E-state index contributed by atoms with van der Waals surface area (Å²) in [4.78, 5) is 13.9. The number of phenols is 1. The fourth-order valence-electron chi connectivity index (χ4n) is 1.64. The molecule has 0 aromatic heterocycles. The summed E-state index contributed by atoms with van der Waals surface area (Å²) in [5.74, 6) is 0.0713. The Morgan fingerprint density at radius 1 is 1.42 bits per heavy atom. The molecule has 5 heteroatoms. The molecule has 106 valence electrons. The van der Waals surface area contributed by atoms with Crippen LogP contribution in [0.3, 0.4) is 0 Å². The van der Waals surface area contributed by atoms with Crippen molar-refractivity contribution < 1.29 is 9.90 Å². The van der Waals surface area contributed by atoms with Crippen LogP contribution in [0.15, 0.2) is 24.3 Å². The van der Waals surface area contributed by atoms with Gasteiger partial charge in [0.25, 0.3) is 0 Å². The molecule has 0 saturated carbocycles. The highest BCUT2D eigenvalue weighted by Gasteiger charge is 2.13. The standard InChI is InChI=1S/C14H23N3O2/c1-3-17(2)9-8-16-14(19)13(15)10-11-4-6-12(18)7-5-11/h4-7,13,18H,3,8-10,15H2,1-2H3,(H,16,19)/t13-/m0/s1. The third kappa shape index (κ3) is 5.72. The van der Waals surface area contributed by atoms with E-state index in [0.717, 1.165) is 18.7 Å². The van der Waals surface area contributed by atoms with Gasteiger partial charge in [-0.15, -0.1) is 0 Å². The largest absolute Gasteiger partial charge is 0.508 e. The van der Waals surface area contributed by atoms with Crippen LogP contribution in [0.2, 0.25) is 0 Å². The highest BCUT2D eigenvalue weighted by Crippen LogP contribution is 2.10. The monoisotopic (exact) mass is 265 g/mol. The predicted octanol–water partition coefficient (Wildman–Crippen LogP) is 0.330. The van der Waals surface area contributed by atoms with Gasteiger partial charge >= 0.3 is 0 Å². The first-order valence-corrected chi connectivity index (χ1v) is 6.52. The van der Waals surface area contributed by atoms with Gasteiger partial charge in [0.05, 0.1) is 6.04 Å². The molecule has 0 bridgehead atoms. The number of carbonyl (C=O) groups excluding carboxylic acids is 1. The summed E-state index contributed by atoms with van der Waals surface area (Å²) in [6, 6.07) is 6.17. The molecule has 0 spiro atoms. The number of hydrogen-bond acceptors (Lipinski definition) is 4. The number of benzene rings is 1. The summed E-state index contributed by atoms with van der Waals surface area (Å²) in [6.07, 6.45) is 0.468. The molecular weight excluding hydrogens is 242 g/mol. The maximum atomic E-state index is 11.8. The molecule has 0 aliphatic carbocycles. The Morgan fingerprint density at radius 3 is 2.63 bits per heavy atom. The number of carbonyl (C=O) groups is 1. The van der Waals surface area contributed by atoms with Crippen LogP contribution in [0.1, 0.15) is 12.5 Å². The van der Waals surface area contributed by atoms with Crippen LogP contribution in [0.5, 0.6) is 5.75 Å². The molecule has 0 aliphatic heterocycles. The zero-order valence-electron chi connectivity index (χ0n) is 11.6. The summed E-state index contributed by atoms with van der Waals surface area (Å²) < 4.78 is 0. The molecule has 0 radical (unpaired) electrons. The molecule has 0 aliphatic rings. The molecule has 0 saturated heterocycles. The number of phenolic OH excluding ortho intramolecular Hbond substituents is 1. The Morgan fingerprint density at radius 2 is 2.05 bits per heavy atom. The fourth-order valence-corrected chi connectivity index (χ4v) is 1.64. The number of nitrogens with zero attached hydrogens (tertiary/aromatic N) is 1. The third-order valence-electron chi connectivity index (χ3n) is 3.06. The van der Waals surface area contributed by atoms with Crippen LogP contribution in [0.4, 0.5) is 0 Å². The van der Waals surface area contributed by atoms with Crippen molar-refractivity contribution in [3.8, 4) is 5.75 Å². The van der Waals surface area contributed by atoms with Gasteiger partial charge < -0.3 is 21.1 Å². The van der Waals surface area contributed by atoms with E-state index in [0.29, 0.717) is 13.0 Å². The second-order valence-corrected chi connectivity index (χ2v) is 4.66. The molecule has 1 amide bonds. The number of aromatic hydroxyl groups is 1. The summed E-state index contributed by atoms with van der Waals surface area (Å²) in [5, 5.41) is 12.0. The van der Waals surface area contributed by atoms with E-state index in [1.54, 1.807) is 24.3 Å². The summed E-state index contributed by atoms with van der Waals surface area (Å²) in [5.41, 5.74) is 6.78. The molecule has 1 aromatic carbocycles. The minimum Gasteiger partial charge on any atom is -0.508 e. The Labute approximate surface area is 114 Å². The van der Waals surface area contributed by atoms with Gasteiger partial charge in [0.15, 0.2) is 0 Å². The van der Waals surface area contributed by atoms with E-state index in [4.69, 9.17) is 5.73 Å². The van der Waals surface area contributed by atoms with E-state index in [-0.39, 0.29) is 11.7 Å². The van der Waals surface area contributed by atoms with E-state index in [1.165, 1.54) is 0 Å². The van der Waals surface area contributed by atoms with Gasteiger partial charge in [-0.1, -0.05) is 19.1 Å². The molecule has 0 heterocycles. The summed E-state index contributed by atoms with van der Waals surface area (Å²) >= 11 is 0. The van der Waals surface area contributed by atoms with Gasteiger partial charge in [0.1, 0.15) is 5.75 Å². The van der Waals surface area contributed by atoms with Gasteiger partial charge in [0.2, 0.25) is 5.91 Å². The molecule has 1 rings (SSSR count). The zero-order chi connectivity index (χ0) is 14.3. The van der Waals surface area contributed by atoms with Crippen LogP contribution in [-0.2, 0) is 11.2 Å². The second-order valence-electron chi connectivity index (χ2n) is 4.66. The zero-order valence-corrected chi connectivity index (χ0v) is 11.6. The van der Waals surface area contributed by atoms with Gasteiger partial charge in [-0.25, -0.2) is 0 Å². The summed E-state index contributed by atoms with van der Waals surface area (Å²) in [7, 11) is 2.00. The van der Waals surface area contributed by atoms with Crippen molar-refractivity contribution in [3.05, 3.63) is 29.8 Å². The number of amides is 1. The Kier molecular flexibility index (Phi) is 6.32. The van der Waals surface area contributed by atoms with Crippen molar-refractivity contribution >= 4 is 5.91 Å². The van der Waals surface area contributed by atoms with Crippen LogP contribution >= 0.6 is 0 Å². The lowest BCUT2D eigenvalue weighted by molar-refractivity contribution is -0.122. The lowest BCUT2D eigenvalue weighted by atomic mass is 10.1. The number of hydrogen-bond donors (Lipinski definition) is 3. The van der Waals surface area contributed by atoms with E-state index >= 15 is 0 Å². The minimum atomic E-state index is -0.559. The Hall–Kier alpha value is -1.59. The van der Waals surface area contributed by atoms with E-state index < -0.39 is 6.04 Å². The first kappa shape index (κ1) is 15.5. The van der Waals surface area contributed by atoms with Crippen LogP contribution < -0.4 is 11.1 Å². The first-order valence-electron chi connectivity index (χ1n) is 6.52. The third-order valence-corrected chi connectivity index (χ3v) is 3.06. The number of nitrogens with two attached hydrogens (primary N) is 1. The van der Waals surface area contributed by atoms with Crippen molar-refractivity contribution in [2.24, 2.45) is 5.73 Å². The molecule has 4 N–H and O–H groups in total. The van der Waals surface area contributed by atoms with Gasteiger partial charge in [-0.3, -0.25) is 4.79 Å². The average molecular weight is 265 g/mol. The van der Waals surface area contributed by atoms with Crippen LogP contribution in [0, 0.1) is 0 Å². The molecule has 0 unspecified atom stereocenters. The smallest absolute Gasteiger partial charge is 0.237 e. The van der Waals surface area contributed by atoms with E-state index in [1.807, 2.05) is 7.05 Å². The highest BCUT2D eigenvalue weighted by atomic mass is 16.3. The second kappa shape index (κ2) is 7.76. The van der Waals surface area contributed by atoms with Gasteiger partial charge in [-0.2, -0.15) is 0 Å². The van der Waals surface area contributed by atoms with Crippen molar-refractivity contribution in [1.29, 1.82) is 0 Å². The molecule has 1 atom stereocenters. The van der Waals surface area contributed by atoms with E-state index in [9.17, 15) is 9.90 Å². The molecule has 5 nitrogen and oxygen atoms in total. The van der Waals surface area contributed by atoms with Crippen LogP contribution in [0.25, 0.3) is 0 Å². The lowest BCUT2D eigenvalue weighted by Crippen LogP contribution is -2.44. The number of nitrogens with one attached hydrogen (secondary N) is 1. The predicted molar refractivity (Wildman–Crippen MR) is 76.0 cm³/mol. The van der Waals surface area contributed by atoms with E-state index in [2.05, 4.69) is 17.1 Å². The molecule has 19 heavy (non-hydrogen) atoms. The summed E-state index contributed by atoms with van der Waals surface area (Å²) in [6.45, 7) is 4.44. The van der Waals surface area contributed by atoms with Gasteiger partial charge in [0, 0.05) is 13.1 Å². The van der Waals surface area contributed by atoms with Crippen LogP contribution in [-0.4, -0.2) is 48.6 Å².